The Morgan fingerprint density at radius 2 is 1.89 bits per heavy atom. The smallest absolute Gasteiger partial charge is 0.319 e. The number of fused-ring (bicyclic) bond motifs is 1. The molecule has 9 heteroatoms. The molecule has 0 bridgehead atoms. The molecule has 3 aromatic rings. The first kappa shape index (κ1) is 20.1. The summed E-state index contributed by atoms with van der Waals surface area (Å²) in [6, 6.07) is 11.7. The van der Waals surface area contributed by atoms with E-state index in [0.29, 0.717) is 11.2 Å². The molecule has 0 saturated heterocycles. The largest absolute Gasteiger partial charge is 0.335 e. The van der Waals surface area contributed by atoms with E-state index in [-0.39, 0.29) is 22.1 Å². The molecule has 0 aliphatic carbocycles. The number of benzene rings is 2. The first-order chi connectivity index (χ1) is 13.3. The van der Waals surface area contributed by atoms with Crippen molar-refractivity contribution in [2.45, 2.75) is 38.1 Å². The van der Waals surface area contributed by atoms with Crippen LogP contribution >= 0.6 is 11.3 Å². The van der Waals surface area contributed by atoms with Gasteiger partial charge in [0.1, 0.15) is 0 Å². The van der Waals surface area contributed by atoms with Gasteiger partial charge in [-0.1, -0.05) is 36.0 Å². The quantitative estimate of drug-likeness (QED) is 0.555. The van der Waals surface area contributed by atoms with Gasteiger partial charge in [0, 0.05) is 11.7 Å². The Bertz CT molecular complexity index is 1090. The molecule has 2 aromatic carbocycles. The number of anilines is 2. The first-order valence-corrected chi connectivity index (χ1v) is 11.1. The van der Waals surface area contributed by atoms with Gasteiger partial charge in [-0.2, -0.15) is 0 Å². The molecule has 0 saturated carbocycles. The van der Waals surface area contributed by atoms with Crippen molar-refractivity contribution in [2.75, 3.05) is 10.0 Å². The maximum absolute atomic E-state index is 12.5. The van der Waals surface area contributed by atoms with Gasteiger partial charge in [-0.3, -0.25) is 4.72 Å². The fraction of sp³-hybridized carbons (Fsp3) is 0.263. The molecule has 2 amide bonds. The summed E-state index contributed by atoms with van der Waals surface area (Å²) in [7, 11) is -3.71. The third-order valence-corrected chi connectivity index (χ3v) is 6.62. The number of nitrogens with one attached hydrogen (secondary N) is 3. The Kier molecular flexibility index (Phi) is 5.85. The fourth-order valence-corrected chi connectivity index (χ4v) is 4.51. The lowest BCUT2D eigenvalue weighted by molar-refractivity contribution is 0.249. The van der Waals surface area contributed by atoms with Crippen molar-refractivity contribution in [2.24, 2.45) is 0 Å². The number of hydrogen-bond acceptors (Lipinski definition) is 5. The van der Waals surface area contributed by atoms with Crippen molar-refractivity contribution in [3.8, 4) is 0 Å². The number of carbonyl (C=O) groups excluding carboxylic acids is 1. The van der Waals surface area contributed by atoms with Gasteiger partial charge in [0.25, 0.3) is 10.0 Å². The molecule has 0 spiro atoms. The van der Waals surface area contributed by atoms with E-state index < -0.39 is 10.0 Å². The van der Waals surface area contributed by atoms with Crippen LogP contribution in [0, 0.1) is 6.92 Å². The number of carbonyl (C=O) groups is 1. The first-order valence-electron chi connectivity index (χ1n) is 8.84. The van der Waals surface area contributed by atoms with Crippen molar-refractivity contribution in [3.63, 3.8) is 0 Å². The SMILES string of the molecule is CC[C@H](C)NC(=O)Nc1ccc2sc(NS(=O)(=O)c3ccc(C)cc3)nc2c1. The summed E-state index contributed by atoms with van der Waals surface area (Å²) in [4.78, 5) is 16.5. The predicted octanol–water partition coefficient (Wildman–Crippen LogP) is 4.33. The van der Waals surface area contributed by atoms with Crippen LogP contribution in [0.3, 0.4) is 0 Å². The minimum Gasteiger partial charge on any atom is -0.335 e. The predicted molar refractivity (Wildman–Crippen MR) is 114 cm³/mol. The number of amides is 2. The molecule has 28 heavy (non-hydrogen) atoms. The highest BCUT2D eigenvalue weighted by Gasteiger charge is 2.16. The zero-order valence-electron chi connectivity index (χ0n) is 15.8. The van der Waals surface area contributed by atoms with Gasteiger partial charge in [0.15, 0.2) is 5.13 Å². The highest BCUT2D eigenvalue weighted by Crippen LogP contribution is 2.29. The second-order valence-electron chi connectivity index (χ2n) is 6.53. The van der Waals surface area contributed by atoms with Gasteiger partial charge in [-0.25, -0.2) is 18.2 Å². The second-order valence-corrected chi connectivity index (χ2v) is 9.24. The van der Waals surface area contributed by atoms with Crippen LogP contribution in [0.5, 0.6) is 0 Å². The monoisotopic (exact) mass is 418 g/mol. The van der Waals surface area contributed by atoms with Crippen LogP contribution in [0.15, 0.2) is 47.4 Å². The molecule has 7 nitrogen and oxygen atoms in total. The number of urea groups is 1. The van der Waals surface area contributed by atoms with Gasteiger partial charge in [0.2, 0.25) is 0 Å². The molecular weight excluding hydrogens is 396 g/mol. The summed E-state index contributed by atoms with van der Waals surface area (Å²) in [5.74, 6) is 0. The average Bonchev–Trinajstić information content (AvgIpc) is 3.02. The number of hydrogen-bond donors (Lipinski definition) is 3. The summed E-state index contributed by atoms with van der Waals surface area (Å²) in [6.07, 6.45) is 0.836. The standard InChI is InChI=1S/C19H22N4O3S2/c1-4-13(3)20-18(24)21-14-7-10-17-16(11-14)22-19(27-17)23-28(25,26)15-8-5-12(2)6-9-15/h5-11,13H,4H2,1-3H3,(H,22,23)(H2,20,21,24)/t13-/m0/s1. The molecule has 0 fully saturated rings. The Morgan fingerprint density at radius 3 is 2.57 bits per heavy atom. The number of nitrogens with zero attached hydrogens (tertiary/aromatic N) is 1. The van der Waals surface area contributed by atoms with Gasteiger partial charge in [0.05, 0.1) is 15.1 Å². The third kappa shape index (κ3) is 4.79. The minimum atomic E-state index is -3.71. The Balaban J connectivity index is 1.77. The number of thiazole rings is 1. The van der Waals surface area contributed by atoms with Gasteiger partial charge >= 0.3 is 6.03 Å². The molecule has 1 atom stereocenters. The molecule has 3 N–H and O–H groups in total. The summed E-state index contributed by atoms with van der Waals surface area (Å²) in [5.41, 5.74) is 2.18. The molecule has 0 unspecified atom stereocenters. The zero-order valence-corrected chi connectivity index (χ0v) is 17.4. The van der Waals surface area contributed by atoms with E-state index in [1.165, 1.54) is 11.3 Å². The Labute approximate surface area is 168 Å². The van der Waals surface area contributed by atoms with E-state index >= 15 is 0 Å². The lowest BCUT2D eigenvalue weighted by Gasteiger charge is -2.12. The molecule has 0 aliphatic rings. The van der Waals surface area contributed by atoms with Gasteiger partial charge in [-0.15, -0.1) is 0 Å². The molecule has 0 radical (unpaired) electrons. The van der Waals surface area contributed by atoms with Crippen LogP contribution in [-0.2, 0) is 10.0 Å². The van der Waals surface area contributed by atoms with E-state index in [1.54, 1.807) is 42.5 Å². The third-order valence-electron chi connectivity index (χ3n) is 4.19. The Hall–Kier alpha value is -2.65. The lowest BCUT2D eigenvalue weighted by Crippen LogP contribution is -2.35. The van der Waals surface area contributed by atoms with Crippen LogP contribution in [0.1, 0.15) is 25.8 Å². The Morgan fingerprint density at radius 1 is 1.18 bits per heavy atom. The van der Waals surface area contributed by atoms with Crippen LogP contribution in [-0.4, -0.2) is 25.5 Å². The summed E-state index contributed by atoms with van der Waals surface area (Å²) in [5, 5.41) is 5.86. The van der Waals surface area contributed by atoms with Crippen molar-refractivity contribution >= 4 is 48.4 Å². The molecule has 0 aliphatic heterocycles. The topological polar surface area (TPSA) is 100 Å². The van der Waals surface area contributed by atoms with E-state index in [1.807, 2.05) is 20.8 Å². The van der Waals surface area contributed by atoms with Crippen LogP contribution in [0.4, 0.5) is 15.6 Å². The number of aryl methyl sites for hydroxylation is 1. The van der Waals surface area contributed by atoms with E-state index in [2.05, 4.69) is 20.3 Å². The van der Waals surface area contributed by atoms with Crippen LogP contribution in [0.25, 0.3) is 10.2 Å². The number of rotatable bonds is 6. The summed E-state index contributed by atoms with van der Waals surface area (Å²) in [6.45, 7) is 5.81. The van der Waals surface area contributed by atoms with Crippen molar-refractivity contribution < 1.29 is 13.2 Å². The van der Waals surface area contributed by atoms with E-state index in [4.69, 9.17) is 0 Å². The summed E-state index contributed by atoms with van der Waals surface area (Å²) < 4.78 is 28.4. The average molecular weight is 419 g/mol. The maximum atomic E-state index is 12.5. The van der Waals surface area contributed by atoms with Crippen molar-refractivity contribution in [1.82, 2.24) is 10.3 Å². The fourth-order valence-electron chi connectivity index (χ4n) is 2.43. The molecule has 148 valence electrons. The van der Waals surface area contributed by atoms with Crippen LogP contribution in [0.2, 0.25) is 0 Å². The maximum Gasteiger partial charge on any atom is 0.319 e. The summed E-state index contributed by atoms with van der Waals surface area (Å²) >= 11 is 1.23. The van der Waals surface area contributed by atoms with Crippen molar-refractivity contribution in [3.05, 3.63) is 48.0 Å². The highest BCUT2D eigenvalue weighted by atomic mass is 32.2. The molecule has 3 rings (SSSR count). The highest BCUT2D eigenvalue weighted by molar-refractivity contribution is 7.93. The zero-order chi connectivity index (χ0) is 20.3. The van der Waals surface area contributed by atoms with Crippen molar-refractivity contribution in [1.29, 1.82) is 0 Å². The van der Waals surface area contributed by atoms with E-state index in [0.717, 1.165) is 16.7 Å². The van der Waals surface area contributed by atoms with Gasteiger partial charge < -0.3 is 10.6 Å². The van der Waals surface area contributed by atoms with Gasteiger partial charge in [-0.05, 0) is 50.6 Å². The number of aromatic nitrogens is 1. The molecule has 1 heterocycles. The van der Waals surface area contributed by atoms with E-state index in [9.17, 15) is 13.2 Å². The molecule has 1 aromatic heterocycles. The second kappa shape index (κ2) is 8.15. The minimum absolute atomic E-state index is 0.0748. The normalized spacial score (nSPS) is 12.5. The molecular formula is C19H22N4O3S2. The van der Waals surface area contributed by atoms with Crippen LogP contribution < -0.4 is 15.4 Å². The lowest BCUT2D eigenvalue weighted by atomic mass is 10.2. The number of sulfonamides is 1.